The zero-order valence-corrected chi connectivity index (χ0v) is 14.7. The van der Waals surface area contributed by atoms with Gasteiger partial charge in [0.25, 0.3) is 5.22 Å². The molecule has 1 heterocycles. The molecule has 4 aromatic rings. The standard InChI is InChI=1S/C21H15N3OS/c22-13-15-5-3-6-16(11-15)14-26-21-24-23-20(25-21)12-18-9-4-8-17-7-1-2-10-19(17)18/h1-11H,12,14H2. The lowest BCUT2D eigenvalue weighted by Crippen LogP contribution is -1.90. The van der Waals surface area contributed by atoms with Crippen LogP contribution in [-0.4, -0.2) is 10.2 Å². The topological polar surface area (TPSA) is 62.7 Å². The fourth-order valence-electron chi connectivity index (χ4n) is 2.85. The third-order valence-corrected chi connectivity index (χ3v) is 4.98. The summed E-state index contributed by atoms with van der Waals surface area (Å²) in [5.74, 6) is 1.29. The predicted molar refractivity (Wildman–Crippen MR) is 102 cm³/mol. The molecule has 126 valence electrons. The van der Waals surface area contributed by atoms with E-state index in [1.54, 1.807) is 6.07 Å². The zero-order chi connectivity index (χ0) is 17.8. The molecule has 0 atom stereocenters. The van der Waals surface area contributed by atoms with Gasteiger partial charge in [-0.3, -0.25) is 0 Å². The third-order valence-electron chi connectivity index (χ3n) is 4.09. The average Bonchev–Trinajstić information content (AvgIpc) is 3.14. The van der Waals surface area contributed by atoms with E-state index in [0.29, 0.717) is 28.9 Å². The van der Waals surface area contributed by atoms with Crippen molar-refractivity contribution in [2.24, 2.45) is 0 Å². The van der Waals surface area contributed by atoms with E-state index in [1.165, 1.54) is 28.1 Å². The van der Waals surface area contributed by atoms with Crippen molar-refractivity contribution in [3.63, 3.8) is 0 Å². The quantitative estimate of drug-likeness (QED) is 0.472. The Balaban J connectivity index is 1.47. The van der Waals surface area contributed by atoms with E-state index in [-0.39, 0.29) is 0 Å². The van der Waals surface area contributed by atoms with Crippen LogP contribution >= 0.6 is 11.8 Å². The van der Waals surface area contributed by atoms with E-state index in [1.807, 2.05) is 36.4 Å². The van der Waals surface area contributed by atoms with Gasteiger partial charge in [0.05, 0.1) is 18.1 Å². The molecule has 0 fully saturated rings. The summed E-state index contributed by atoms with van der Waals surface area (Å²) >= 11 is 1.48. The summed E-state index contributed by atoms with van der Waals surface area (Å²) in [6, 6.07) is 24.2. The molecule has 5 heteroatoms. The molecule has 0 N–H and O–H groups in total. The Morgan fingerprint density at radius 2 is 1.81 bits per heavy atom. The van der Waals surface area contributed by atoms with Crippen molar-refractivity contribution in [3.8, 4) is 6.07 Å². The van der Waals surface area contributed by atoms with Gasteiger partial charge in [-0.05, 0) is 34.0 Å². The van der Waals surface area contributed by atoms with Crippen LogP contribution in [0.15, 0.2) is 76.4 Å². The number of nitrogens with zero attached hydrogens (tertiary/aromatic N) is 3. The zero-order valence-electron chi connectivity index (χ0n) is 13.9. The smallest absolute Gasteiger partial charge is 0.276 e. The van der Waals surface area contributed by atoms with Gasteiger partial charge < -0.3 is 4.42 Å². The van der Waals surface area contributed by atoms with Crippen molar-refractivity contribution >= 4 is 22.5 Å². The van der Waals surface area contributed by atoms with Crippen LogP contribution in [0.2, 0.25) is 0 Å². The minimum absolute atomic E-state index is 0.544. The van der Waals surface area contributed by atoms with Crippen LogP contribution in [0.4, 0.5) is 0 Å². The lowest BCUT2D eigenvalue weighted by atomic mass is 10.0. The van der Waals surface area contributed by atoms with Crippen molar-refractivity contribution < 1.29 is 4.42 Å². The fourth-order valence-corrected chi connectivity index (χ4v) is 3.58. The number of aromatic nitrogens is 2. The number of rotatable bonds is 5. The van der Waals surface area contributed by atoms with Gasteiger partial charge in [0.1, 0.15) is 0 Å². The molecule has 0 spiro atoms. The summed E-state index contributed by atoms with van der Waals surface area (Å²) in [6.07, 6.45) is 0.610. The first-order valence-electron chi connectivity index (χ1n) is 8.23. The lowest BCUT2D eigenvalue weighted by Gasteiger charge is -2.03. The number of nitriles is 1. The van der Waals surface area contributed by atoms with Gasteiger partial charge >= 0.3 is 0 Å². The first-order valence-corrected chi connectivity index (χ1v) is 9.21. The minimum Gasteiger partial charge on any atom is -0.416 e. The maximum atomic E-state index is 8.97. The van der Waals surface area contributed by atoms with Gasteiger partial charge in [0.2, 0.25) is 5.89 Å². The maximum absolute atomic E-state index is 8.97. The molecular weight excluding hydrogens is 342 g/mol. The van der Waals surface area contributed by atoms with Crippen LogP contribution < -0.4 is 0 Å². The molecule has 1 aromatic heterocycles. The number of thioether (sulfide) groups is 1. The second-order valence-electron chi connectivity index (χ2n) is 5.88. The molecule has 0 radical (unpaired) electrons. The van der Waals surface area contributed by atoms with Crippen LogP contribution in [0.3, 0.4) is 0 Å². The second kappa shape index (κ2) is 7.42. The van der Waals surface area contributed by atoms with E-state index >= 15 is 0 Å². The third kappa shape index (κ3) is 3.61. The molecule has 0 aliphatic heterocycles. The highest BCUT2D eigenvalue weighted by Crippen LogP contribution is 2.24. The summed E-state index contributed by atoms with van der Waals surface area (Å²) in [6.45, 7) is 0. The summed E-state index contributed by atoms with van der Waals surface area (Å²) in [7, 11) is 0. The van der Waals surface area contributed by atoms with Crippen LogP contribution in [0.1, 0.15) is 22.6 Å². The van der Waals surface area contributed by atoms with E-state index in [0.717, 1.165) is 5.56 Å². The first kappa shape index (κ1) is 16.4. The van der Waals surface area contributed by atoms with Crippen molar-refractivity contribution in [1.29, 1.82) is 5.26 Å². The largest absolute Gasteiger partial charge is 0.416 e. The van der Waals surface area contributed by atoms with E-state index in [4.69, 9.17) is 9.68 Å². The van der Waals surface area contributed by atoms with Crippen molar-refractivity contribution in [2.75, 3.05) is 0 Å². The van der Waals surface area contributed by atoms with Gasteiger partial charge in [0.15, 0.2) is 0 Å². The second-order valence-corrected chi connectivity index (χ2v) is 6.80. The Morgan fingerprint density at radius 1 is 0.962 bits per heavy atom. The van der Waals surface area contributed by atoms with Crippen LogP contribution in [-0.2, 0) is 12.2 Å². The maximum Gasteiger partial charge on any atom is 0.276 e. The summed E-state index contributed by atoms with van der Waals surface area (Å²) < 4.78 is 5.79. The molecule has 3 aromatic carbocycles. The lowest BCUT2D eigenvalue weighted by molar-refractivity contribution is 0.420. The Bertz CT molecular complexity index is 1090. The van der Waals surface area contributed by atoms with Gasteiger partial charge in [-0.25, -0.2) is 0 Å². The van der Waals surface area contributed by atoms with Crippen LogP contribution in [0.25, 0.3) is 10.8 Å². The summed E-state index contributed by atoms with van der Waals surface area (Å²) in [5, 5.41) is 20.2. The van der Waals surface area contributed by atoms with Gasteiger partial charge in [-0.15, -0.1) is 10.2 Å². The monoisotopic (exact) mass is 357 g/mol. The molecule has 0 aliphatic rings. The van der Waals surface area contributed by atoms with E-state index < -0.39 is 0 Å². The predicted octanol–water partition coefficient (Wildman–Crippen LogP) is 4.98. The molecule has 0 bridgehead atoms. The number of hydrogen-bond donors (Lipinski definition) is 0. The normalized spacial score (nSPS) is 10.7. The highest BCUT2D eigenvalue weighted by Gasteiger charge is 2.10. The molecule has 4 nitrogen and oxygen atoms in total. The highest BCUT2D eigenvalue weighted by atomic mass is 32.2. The number of hydrogen-bond acceptors (Lipinski definition) is 5. The molecular formula is C21H15N3OS. The van der Waals surface area contributed by atoms with Gasteiger partial charge in [0, 0.05) is 5.75 Å². The Morgan fingerprint density at radius 3 is 2.73 bits per heavy atom. The SMILES string of the molecule is N#Cc1cccc(CSc2nnc(Cc3cccc4ccccc34)o2)c1. The molecule has 4 rings (SSSR count). The number of fused-ring (bicyclic) bond motifs is 1. The number of benzene rings is 3. The van der Waals surface area contributed by atoms with Gasteiger partial charge in [-0.2, -0.15) is 5.26 Å². The van der Waals surface area contributed by atoms with Crippen LogP contribution in [0, 0.1) is 11.3 Å². The molecule has 0 aliphatic carbocycles. The van der Waals surface area contributed by atoms with Crippen molar-refractivity contribution in [1.82, 2.24) is 10.2 Å². The van der Waals surface area contributed by atoms with Crippen molar-refractivity contribution in [2.45, 2.75) is 17.4 Å². The molecule has 0 amide bonds. The minimum atomic E-state index is 0.544. The van der Waals surface area contributed by atoms with Crippen LogP contribution in [0.5, 0.6) is 0 Å². The summed E-state index contributed by atoms with van der Waals surface area (Å²) in [4.78, 5) is 0. The molecule has 0 unspecified atom stereocenters. The van der Waals surface area contributed by atoms with E-state index in [9.17, 15) is 0 Å². The Labute approximate surface area is 155 Å². The Kier molecular flexibility index (Phi) is 4.67. The average molecular weight is 357 g/mol. The molecule has 0 saturated carbocycles. The Hall–Kier alpha value is -3.10. The molecule has 26 heavy (non-hydrogen) atoms. The highest BCUT2D eigenvalue weighted by molar-refractivity contribution is 7.98. The van der Waals surface area contributed by atoms with Gasteiger partial charge in [-0.1, -0.05) is 66.4 Å². The molecule has 0 saturated heterocycles. The van der Waals surface area contributed by atoms with Crippen molar-refractivity contribution in [3.05, 3.63) is 89.3 Å². The van der Waals surface area contributed by atoms with E-state index in [2.05, 4.69) is 40.5 Å². The first-order chi connectivity index (χ1) is 12.8. The summed E-state index contributed by atoms with van der Waals surface area (Å²) in [5.41, 5.74) is 2.89. The fraction of sp³-hybridized carbons (Fsp3) is 0.0952.